The molecule has 0 unspecified atom stereocenters. The van der Waals surface area contributed by atoms with Crippen molar-refractivity contribution in [3.8, 4) is 28.7 Å². The Morgan fingerprint density at radius 2 is 1.73 bits per heavy atom. The maximum absolute atomic E-state index is 12.7. The Morgan fingerprint density at radius 3 is 2.36 bits per heavy atom. The summed E-state index contributed by atoms with van der Waals surface area (Å²) in [5.74, 6) is 3.59. The van der Waals surface area contributed by atoms with Gasteiger partial charge in [0.25, 0.3) is 0 Å². The third-order valence-electron chi connectivity index (χ3n) is 5.83. The number of methoxy groups -OCH3 is 3. The van der Waals surface area contributed by atoms with Crippen molar-refractivity contribution in [2.45, 2.75) is 12.8 Å². The molecule has 8 nitrogen and oxygen atoms in total. The fourth-order valence-electron chi connectivity index (χ4n) is 4.07. The zero-order valence-corrected chi connectivity index (χ0v) is 19.3. The summed E-state index contributed by atoms with van der Waals surface area (Å²) in [5.41, 5.74) is 3.09. The molecule has 1 N–H and O–H groups in total. The van der Waals surface area contributed by atoms with Crippen LogP contribution in [0.15, 0.2) is 36.4 Å². The second kappa shape index (κ2) is 10.4. The van der Waals surface area contributed by atoms with Gasteiger partial charge < -0.3 is 33.9 Å². The Balaban J connectivity index is 1.35. The molecule has 0 fully saturated rings. The van der Waals surface area contributed by atoms with Crippen LogP contribution in [0.5, 0.6) is 28.7 Å². The second-order valence-electron chi connectivity index (χ2n) is 7.79. The quantitative estimate of drug-likeness (QED) is 0.690. The minimum Gasteiger partial charge on any atom is -0.496 e. The lowest BCUT2D eigenvalue weighted by atomic mass is 9.97. The van der Waals surface area contributed by atoms with Crippen LogP contribution in [0.4, 0.5) is 4.79 Å². The first-order valence-corrected chi connectivity index (χ1v) is 11.0. The van der Waals surface area contributed by atoms with Crippen molar-refractivity contribution < 1.29 is 28.5 Å². The third kappa shape index (κ3) is 5.10. The molecule has 0 saturated carbocycles. The molecule has 0 bridgehead atoms. The molecule has 2 amide bonds. The van der Waals surface area contributed by atoms with Crippen molar-refractivity contribution in [3.63, 3.8) is 0 Å². The Morgan fingerprint density at radius 1 is 1.00 bits per heavy atom. The fraction of sp³-hybridized carbons (Fsp3) is 0.400. The average Bonchev–Trinajstić information content (AvgIpc) is 2.87. The maximum atomic E-state index is 12.7. The fourth-order valence-corrected chi connectivity index (χ4v) is 4.07. The molecular weight excluding hydrogens is 424 g/mol. The number of hydrogen-bond donors (Lipinski definition) is 1. The number of carbonyl (C=O) groups is 1. The van der Waals surface area contributed by atoms with Gasteiger partial charge in [0.2, 0.25) is 0 Å². The number of hydrogen-bond acceptors (Lipinski definition) is 6. The molecule has 0 atom stereocenters. The number of amides is 2. The molecular formula is C25H30N2O6. The van der Waals surface area contributed by atoms with E-state index in [1.165, 1.54) is 0 Å². The molecule has 2 heterocycles. The van der Waals surface area contributed by atoms with E-state index in [2.05, 4.69) is 11.4 Å². The van der Waals surface area contributed by atoms with Gasteiger partial charge in [-0.15, -0.1) is 0 Å². The van der Waals surface area contributed by atoms with E-state index in [0.717, 1.165) is 34.6 Å². The van der Waals surface area contributed by atoms with E-state index in [9.17, 15) is 4.79 Å². The number of nitrogens with zero attached hydrogens (tertiary/aromatic N) is 1. The molecule has 8 heteroatoms. The van der Waals surface area contributed by atoms with E-state index in [1.54, 1.807) is 26.2 Å². The van der Waals surface area contributed by atoms with Gasteiger partial charge in [-0.3, -0.25) is 0 Å². The van der Waals surface area contributed by atoms with Crippen molar-refractivity contribution >= 4 is 11.6 Å². The predicted molar refractivity (Wildman–Crippen MR) is 125 cm³/mol. The van der Waals surface area contributed by atoms with Gasteiger partial charge in [0.05, 0.1) is 26.9 Å². The summed E-state index contributed by atoms with van der Waals surface area (Å²) in [4.78, 5) is 14.5. The number of rotatable bonds is 7. The molecule has 2 aromatic carbocycles. The molecule has 0 aliphatic carbocycles. The van der Waals surface area contributed by atoms with Crippen LogP contribution in [0, 0.1) is 0 Å². The summed E-state index contributed by atoms with van der Waals surface area (Å²) < 4.78 is 27.7. The lowest BCUT2D eigenvalue weighted by Crippen LogP contribution is -2.42. The summed E-state index contributed by atoms with van der Waals surface area (Å²) in [7, 11) is 4.86. The summed E-state index contributed by atoms with van der Waals surface area (Å²) in [6, 6.07) is 9.52. The Bertz CT molecular complexity index is 1010. The summed E-state index contributed by atoms with van der Waals surface area (Å²) in [6.45, 7) is 2.81. The molecule has 33 heavy (non-hydrogen) atoms. The number of nitrogens with one attached hydrogen (secondary N) is 1. The van der Waals surface area contributed by atoms with Crippen LogP contribution in [-0.2, 0) is 6.42 Å². The van der Waals surface area contributed by atoms with Crippen LogP contribution in [0.25, 0.3) is 5.57 Å². The Labute approximate surface area is 194 Å². The lowest BCUT2D eigenvalue weighted by molar-refractivity contribution is 0.171. The second-order valence-corrected chi connectivity index (χ2v) is 7.79. The maximum Gasteiger partial charge on any atom is 0.317 e. The van der Waals surface area contributed by atoms with Gasteiger partial charge in [-0.25, -0.2) is 4.79 Å². The van der Waals surface area contributed by atoms with Crippen molar-refractivity contribution in [1.82, 2.24) is 10.2 Å². The van der Waals surface area contributed by atoms with Crippen molar-refractivity contribution in [3.05, 3.63) is 47.5 Å². The van der Waals surface area contributed by atoms with Gasteiger partial charge in [0.15, 0.2) is 11.5 Å². The average molecular weight is 455 g/mol. The Kier molecular flexibility index (Phi) is 7.12. The summed E-state index contributed by atoms with van der Waals surface area (Å²) >= 11 is 0. The molecule has 2 aliphatic heterocycles. The monoisotopic (exact) mass is 454 g/mol. The smallest absolute Gasteiger partial charge is 0.317 e. The number of urea groups is 1. The van der Waals surface area contributed by atoms with Crippen molar-refractivity contribution in [2.24, 2.45) is 0 Å². The highest BCUT2D eigenvalue weighted by Gasteiger charge is 2.23. The molecule has 2 aromatic rings. The zero-order valence-electron chi connectivity index (χ0n) is 19.3. The van der Waals surface area contributed by atoms with Crippen LogP contribution in [0.3, 0.4) is 0 Å². The number of carbonyl (C=O) groups excluding carboxylic acids is 1. The van der Waals surface area contributed by atoms with E-state index in [0.29, 0.717) is 56.5 Å². The summed E-state index contributed by atoms with van der Waals surface area (Å²) in [6.07, 6.45) is 3.48. The zero-order chi connectivity index (χ0) is 23.2. The number of ether oxygens (including phenoxy) is 5. The van der Waals surface area contributed by atoms with Crippen molar-refractivity contribution in [1.29, 1.82) is 0 Å². The van der Waals surface area contributed by atoms with Crippen LogP contribution in [0.2, 0.25) is 0 Å². The molecule has 0 saturated heterocycles. The van der Waals surface area contributed by atoms with Gasteiger partial charge in [-0.1, -0.05) is 12.1 Å². The van der Waals surface area contributed by atoms with E-state index in [1.807, 2.05) is 30.3 Å². The molecule has 0 radical (unpaired) electrons. The normalized spacial score (nSPS) is 14.9. The number of fused-ring (bicyclic) bond motifs is 1. The molecule has 176 valence electrons. The predicted octanol–water partition coefficient (Wildman–Crippen LogP) is 3.53. The van der Waals surface area contributed by atoms with Crippen LogP contribution >= 0.6 is 0 Å². The minimum absolute atomic E-state index is 0.0727. The first-order valence-electron chi connectivity index (χ1n) is 11.0. The summed E-state index contributed by atoms with van der Waals surface area (Å²) in [5, 5.41) is 3.02. The number of benzene rings is 2. The van der Waals surface area contributed by atoms with E-state index >= 15 is 0 Å². The van der Waals surface area contributed by atoms with Gasteiger partial charge in [0, 0.05) is 31.8 Å². The molecule has 0 aromatic heterocycles. The van der Waals surface area contributed by atoms with Crippen LogP contribution in [0.1, 0.15) is 17.5 Å². The largest absolute Gasteiger partial charge is 0.496 e. The van der Waals surface area contributed by atoms with Crippen LogP contribution < -0.4 is 29.0 Å². The molecule has 0 spiro atoms. The van der Waals surface area contributed by atoms with E-state index < -0.39 is 0 Å². The minimum atomic E-state index is -0.0727. The van der Waals surface area contributed by atoms with Gasteiger partial charge in [-0.05, 0) is 36.1 Å². The van der Waals surface area contributed by atoms with Gasteiger partial charge in [0.1, 0.15) is 30.5 Å². The van der Waals surface area contributed by atoms with Crippen LogP contribution in [-0.4, -0.2) is 65.1 Å². The van der Waals surface area contributed by atoms with Gasteiger partial charge >= 0.3 is 6.03 Å². The third-order valence-corrected chi connectivity index (χ3v) is 5.83. The van der Waals surface area contributed by atoms with Crippen molar-refractivity contribution in [2.75, 3.05) is 54.2 Å². The SMILES string of the molecule is COc1cc(OC)c(C2=CCN(C(=O)NCCc3ccc4c(c3)OCCO4)CC2)c(OC)c1. The Hall–Kier alpha value is -3.55. The highest BCUT2D eigenvalue weighted by Crippen LogP contribution is 2.40. The van der Waals surface area contributed by atoms with Gasteiger partial charge in [-0.2, -0.15) is 0 Å². The topological polar surface area (TPSA) is 78.5 Å². The molecule has 2 aliphatic rings. The highest BCUT2D eigenvalue weighted by molar-refractivity contribution is 5.80. The van der Waals surface area contributed by atoms with E-state index in [4.69, 9.17) is 23.7 Å². The first kappa shape index (κ1) is 22.6. The highest BCUT2D eigenvalue weighted by atomic mass is 16.6. The molecule has 4 rings (SSSR count). The van der Waals surface area contributed by atoms with E-state index in [-0.39, 0.29) is 6.03 Å². The standard InChI is InChI=1S/C25H30N2O6/c1-29-19-15-22(30-2)24(23(16-19)31-3)18-7-10-27(11-8-18)25(28)26-9-6-17-4-5-20-21(14-17)33-13-12-32-20/h4-5,7,14-16H,6,8-13H2,1-3H3,(H,26,28). The lowest BCUT2D eigenvalue weighted by Gasteiger charge is -2.28. The first-order chi connectivity index (χ1) is 16.1.